The molecule has 7 amide bonds. The van der Waals surface area contributed by atoms with E-state index in [1.807, 2.05) is 43.3 Å². The Morgan fingerprint density at radius 2 is 1.46 bits per heavy atom. The van der Waals surface area contributed by atoms with Crippen LogP contribution in [-0.2, 0) is 54.3 Å². The molecule has 0 spiro atoms. The van der Waals surface area contributed by atoms with Gasteiger partial charge in [0.15, 0.2) is 5.96 Å². The Morgan fingerprint density at radius 3 is 2.04 bits per heavy atom. The Labute approximate surface area is 408 Å². The molecule has 1 fully saturated rings. The van der Waals surface area contributed by atoms with Crippen molar-refractivity contribution in [2.75, 3.05) is 13.7 Å². The topological polar surface area (TPSA) is 352 Å². The molecule has 13 N–H and O–H groups in total. The second kappa shape index (κ2) is 29.7. The van der Waals surface area contributed by atoms with Gasteiger partial charge in [-0.25, -0.2) is 9.59 Å². The zero-order chi connectivity index (χ0) is 52.7. The van der Waals surface area contributed by atoms with Crippen LogP contribution in [0.1, 0.15) is 92.6 Å². The minimum atomic E-state index is -1.85. The van der Waals surface area contributed by atoms with Crippen molar-refractivity contribution in [1.29, 1.82) is 0 Å². The monoisotopic (exact) mass is 981 g/mol. The summed E-state index contributed by atoms with van der Waals surface area (Å²) in [4.78, 5) is 124. The molecular formula is C48H72N10O12. The predicted molar refractivity (Wildman–Crippen MR) is 260 cm³/mol. The number of aliphatic imine (C=N–C) groups is 1. The highest BCUT2D eigenvalue weighted by molar-refractivity contribution is 6.00. The van der Waals surface area contributed by atoms with Crippen LogP contribution in [0.25, 0.3) is 0 Å². The Kier molecular flexibility index (Phi) is 25.1. The first kappa shape index (κ1) is 59.0. The van der Waals surface area contributed by atoms with Crippen LogP contribution in [0.15, 0.2) is 70.9 Å². The minimum absolute atomic E-state index is 0.0179. The molecule has 0 saturated carbocycles. The summed E-state index contributed by atoms with van der Waals surface area (Å²) < 4.78 is 5.81. The highest BCUT2D eigenvalue weighted by Crippen LogP contribution is 2.18. The van der Waals surface area contributed by atoms with Gasteiger partial charge in [0.2, 0.25) is 35.4 Å². The van der Waals surface area contributed by atoms with Gasteiger partial charge in [0.05, 0.1) is 24.5 Å². The van der Waals surface area contributed by atoms with Gasteiger partial charge in [0.25, 0.3) is 5.91 Å². The van der Waals surface area contributed by atoms with Crippen molar-refractivity contribution in [2.24, 2.45) is 34.2 Å². The quantitative estimate of drug-likeness (QED) is 0.0373. The van der Waals surface area contributed by atoms with E-state index in [9.17, 15) is 53.4 Å². The van der Waals surface area contributed by atoms with Crippen LogP contribution in [0.3, 0.4) is 0 Å². The molecule has 386 valence electrons. The molecule has 0 bridgehead atoms. The van der Waals surface area contributed by atoms with Gasteiger partial charge in [0.1, 0.15) is 35.9 Å². The van der Waals surface area contributed by atoms with Crippen molar-refractivity contribution in [3.8, 4) is 0 Å². The van der Waals surface area contributed by atoms with E-state index in [1.165, 1.54) is 32.9 Å². The number of benzene rings is 1. The summed E-state index contributed by atoms with van der Waals surface area (Å²) >= 11 is 0. The van der Waals surface area contributed by atoms with Crippen LogP contribution in [0.2, 0.25) is 0 Å². The number of hydrogen-bond acceptors (Lipinski definition) is 11. The van der Waals surface area contributed by atoms with E-state index < -0.39 is 115 Å². The van der Waals surface area contributed by atoms with E-state index in [2.05, 4.69) is 42.2 Å². The molecule has 22 nitrogen and oxygen atoms in total. The zero-order valence-corrected chi connectivity index (χ0v) is 41.2. The largest absolute Gasteiger partial charge is 0.480 e. The van der Waals surface area contributed by atoms with E-state index in [-0.39, 0.29) is 55.4 Å². The first-order valence-corrected chi connectivity index (χ1v) is 23.2. The van der Waals surface area contributed by atoms with Crippen molar-refractivity contribution < 1.29 is 58.1 Å². The molecule has 1 heterocycles. The molecule has 1 saturated heterocycles. The number of nitrogens with two attached hydrogens (primary N) is 2. The smallest absolute Gasteiger partial charge is 0.326 e. The Balaban J connectivity index is 2.68. The SMILES string of the molecule is C/C=C1/NC(=O)CC[C@H](C(=O)O)NC(=O)[C@@H](C)C(/C=C/C(C)=C/[C@H](C)[C@H](Cc2ccccc2)OC)NC(=O)C(CCCN=C(N)N)NC(=O)CC(C(=O)O)NC(=O)[C@H](CC(C)C)NC(=O)[C@@H](C)NC1=O. The highest BCUT2D eigenvalue weighted by Gasteiger charge is 2.34. The molecule has 2 rings (SSSR count). The second-order valence-corrected chi connectivity index (χ2v) is 17.7. The summed E-state index contributed by atoms with van der Waals surface area (Å²) in [5, 5.41) is 37.6. The van der Waals surface area contributed by atoms with Gasteiger partial charge in [-0.2, -0.15) is 0 Å². The molecule has 3 unspecified atom stereocenters. The lowest BCUT2D eigenvalue weighted by Gasteiger charge is -2.27. The van der Waals surface area contributed by atoms with Gasteiger partial charge < -0.3 is 63.6 Å². The Hall–Kier alpha value is -7.10. The minimum Gasteiger partial charge on any atom is -0.480 e. The molecular weight excluding hydrogens is 909 g/mol. The lowest BCUT2D eigenvalue weighted by molar-refractivity contribution is -0.144. The number of allylic oxidation sites excluding steroid dienone is 3. The summed E-state index contributed by atoms with van der Waals surface area (Å²) in [6.45, 7) is 11.5. The van der Waals surface area contributed by atoms with Crippen molar-refractivity contribution in [3.05, 3.63) is 71.5 Å². The number of carbonyl (C=O) groups is 9. The summed E-state index contributed by atoms with van der Waals surface area (Å²) in [5.41, 5.74) is 12.5. The lowest BCUT2D eigenvalue weighted by Crippen LogP contribution is -2.57. The summed E-state index contributed by atoms with van der Waals surface area (Å²) in [5.74, 6) is -11.0. The van der Waals surface area contributed by atoms with Crippen LogP contribution in [0, 0.1) is 17.8 Å². The van der Waals surface area contributed by atoms with E-state index in [1.54, 1.807) is 34.0 Å². The second-order valence-electron chi connectivity index (χ2n) is 17.7. The molecule has 1 aromatic rings. The molecule has 1 aliphatic heterocycles. The number of rotatable bonds is 15. The first-order chi connectivity index (χ1) is 32.9. The summed E-state index contributed by atoms with van der Waals surface area (Å²) in [7, 11) is 1.61. The Bertz CT molecular complexity index is 2120. The van der Waals surface area contributed by atoms with Gasteiger partial charge in [0, 0.05) is 26.0 Å². The van der Waals surface area contributed by atoms with Crippen molar-refractivity contribution in [1.82, 2.24) is 37.2 Å². The van der Waals surface area contributed by atoms with E-state index >= 15 is 0 Å². The molecule has 22 heteroatoms. The predicted octanol–water partition coefficient (Wildman–Crippen LogP) is 0.420. The van der Waals surface area contributed by atoms with E-state index in [0.29, 0.717) is 12.0 Å². The normalized spacial score (nSPS) is 24.9. The number of carbonyl (C=O) groups excluding carboxylic acids is 7. The molecule has 0 aromatic heterocycles. The standard InChI is InChI=1S/C48H72N10O12/c1-9-32-43(63)52-30(7)42(62)57-36(22-26(2)3)45(65)58-37(47(68)69)25-40(60)54-34(16-13-21-51-48(49)50)44(64)55-33(29(6)41(61)56-35(46(66)67)19-20-39(59)53-32)18-17-27(4)23-28(5)38(70-8)24-31-14-11-10-12-15-31/h9-12,14-15,17-18,23,26,28-30,33-38H,13,16,19-22,24-25H2,1-8H3,(H,52,63)(H,53,59)(H,54,60)(H,55,64)(H,56,61)(H,57,62)(H,58,65)(H,66,67)(H,68,69)(H4,49,50,51)/b18-17+,27-23+,32-9+/t28-,29-,30+,33?,34?,35+,36-,37?,38-/m0/s1. The van der Waals surface area contributed by atoms with Gasteiger partial charge in [-0.3, -0.25) is 38.6 Å². The number of aliphatic carboxylic acids is 2. The van der Waals surface area contributed by atoms with E-state index in [0.717, 1.165) is 5.56 Å². The molecule has 9 atom stereocenters. The number of methoxy groups -OCH3 is 1. The number of guanidine groups is 1. The summed E-state index contributed by atoms with van der Waals surface area (Å²) in [6, 6.07) is 1.12. The van der Waals surface area contributed by atoms with Crippen molar-refractivity contribution in [2.45, 2.75) is 136 Å². The van der Waals surface area contributed by atoms with Crippen LogP contribution in [0.5, 0.6) is 0 Å². The number of carboxylic acids is 2. The maximum Gasteiger partial charge on any atom is 0.326 e. The molecule has 70 heavy (non-hydrogen) atoms. The number of ether oxygens (including phenoxy) is 1. The third kappa shape index (κ3) is 21.0. The molecule has 1 aromatic carbocycles. The van der Waals surface area contributed by atoms with Crippen LogP contribution >= 0.6 is 0 Å². The maximum atomic E-state index is 14.3. The van der Waals surface area contributed by atoms with Crippen LogP contribution in [0.4, 0.5) is 0 Å². The number of amides is 7. The third-order valence-corrected chi connectivity index (χ3v) is 11.3. The highest BCUT2D eigenvalue weighted by atomic mass is 16.5. The fourth-order valence-corrected chi connectivity index (χ4v) is 7.26. The van der Waals surface area contributed by atoms with Crippen LogP contribution in [-0.4, -0.2) is 125 Å². The maximum absolute atomic E-state index is 14.3. The van der Waals surface area contributed by atoms with Crippen LogP contribution < -0.4 is 48.7 Å². The third-order valence-electron chi connectivity index (χ3n) is 11.3. The number of nitrogens with zero attached hydrogens (tertiary/aromatic N) is 1. The van der Waals surface area contributed by atoms with Gasteiger partial charge >= 0.3 is 11.9 Å². The summed E-state index contributed by atoms with van der Waals surface area (Å²) in [6.07, 6.45) is 5.07. The van der Waals surface area contributed by atoms with Gasteiger partial charge in [-0.15, -0.1) is 0 Å². The lowest BCUT2D eigenvalue weighted by atomic mass is 9.94. The number of carboxylic acid groups (broad SMARTS) is 2. The van der Waals surface area contributed by atoms with E-state index in [4.69, 9.17) is 16.2 Å². The Morgan fingerprint density at radius 1 is 0.829 bits per heavy atom. The fourth-order valence-electron chi connectivity index (χ4n) is 7.26. The van der Waals surface area contributed by atoms with Gasteiger partial charge in [-0.05, 0) is 64.4 Å². The zero-order valence-electron chi connectivity index (χ0n) is 41.2. The van der Waals surface area contributed by atoms with Crippen molar-refractivity contribution in [3.63, 3.8) is 0 Å². The van der Waals surface area contributed by atoms with Gasteiger partial charge in [-0.1, -0.05) is 87.9 Å². The average Bonchev–Trinajstić information content (AvgIpc) is 3.29. The first-order valence-electron chi connectivity index (χ1n) is 23.2. The van der Waals surface area contributed by atoms with Crippen molar-refractivity contribution >= 4 is 59.2 Å². The molecule has 1 aliphatic rings. The molecule has 0 aliphatic carbocycles. The average molecular weight is 981 g/mol. The number of hydrogen-bond donors (Lipinski definition) is 11. The molecule has 0 radical (unpaired) electrons. The fraction of sp³-hybridized carbons (Fsp3) is 0.542. The number of nitrogens with one attached hydrogen (secondary N) is 7.